The van der Waals surface area contributed by atoms with Crippen molar-refractivity contribution >= 4 is 29.0 Å². The molecule has 6 nitrogen and oxygen atoms in total. The van der Waals surface area contributed by atoms with Crippen molar-refractivity contribution < 1.29 is 4.79 Å². The zero-order valence-corrected chi connectivity index (χ0v) is 11.7. The number of anilines is 2. The number of aromatic nitrogens is 2. The molecule has 0 aliphatic heterocycles. The Morgan fingerprint density at radius 3 is 2.56 bits per heavy atom. The lowest BCUT2D eigenvalue weighted by Gasteiger charge is -2.20. The van der Waals surface area contributed by atoms with E-state index in [1.165, 1.54) is 0 Å². The molecule has 4 N–H and O–H groups in total. The molecular weight excluding hydrogens is 254 g/mol. The molecule has 1 heterocycles. The van der Waals surface area contributed by atoms with Gasteiger partial charge in [-0.1, -0.05) is 0 Å². The molecule has 0 bridgehead atoms. The molecule has 0 aliphatic carbocycles. The summed E-state index contributed by atoms with van der Waals surface area (Å²) in [6, 6.07) is 0. The smallest absolute Gasteiger partial charge is 0.239 e. The van der Waals surface area contributed by atoms with Gasteiger partial charge in [0.05, 0.1) is 17.9 Å². The van der Waals surface area contributed by atoms with E-state index < -0.39 is 0 Å². The van der Waals surface area contributed by atoms with Gasteiger partial charge in [0, 0.05) is 5.54 Å². The van der Waals surface area contributed by atoms with Crippen LogP contribution in [0, 0.1) is 6.92 Å². The normalized spacial score (nSPS) is 11.2. The first-order valence-corrected chi connectivity index (χ1v) is 5.91. The van der Waals surface area contributed by atoms with E-state index in [9.17, 15) is 4.79 Å². The maximum absolute atomic E-state index is 11.6. The van der Waals surface area contributed by atoms with Gasteiger partial charge in [0.1, 0.15) is 0 Å². The molecule has 0 atom stereocenters. The van der Waals surface area contributed by atoms with Gasteiger partial charge in [-0.3, -0.25) is 4.79 Å². The third-order valence-electron chi connectivity index (χ3n) is 2.04. The van der Waals surface area contributed by atoms with Crippen LogP contribution in [0.4, 0.5) is 11.5 Å². The number of nitrogens with two attached hydrogens (primary N) is 1. The van der Waals surface area contributed by atoms with E-state index in [4.69, 9.17) is 17.3 Å². The van der Waals surface area contributed by atoms with Crippen LogP contribution in [0.5, 0.6) is 0 Å². The van der Waals surface area contributed by atoms with Gasteiger partial charge in [0.2, 0.25) is 11.2 Å². The third-order valence-corrected chi connectivity index (χ3v) is 2.21. The Bertz CT molecular complexity index is 455. The molecule has 1 rings (SSSR count). The van der Waals surface area contributed by atoms with E-state index in [1.807, 2.05) is 20.8 Å². The number of carbonyl (C=O) groups is 1. The van der Waals surface area contributed by atoms with Crippen LogP contribution >= 0.6 is 11.6 Å². The number of amides is 1. The van der Waals surface area contributed by atoms with Crippen molar-refractivity contribution in [2.24, 2.45) is 0 Å². The monoisotopic (exact) mass is 271 g/mol. The number of carbonyl (C=O) groups excluding carboxylic acids is 1. The van der Waals surface area contributed by atoms with Crippen LogP contribution in [0.25, 0.3) is 0 Å². The minimum atomic E-state index is -0.274. The molecule has 0 aliphatic rings. The largest absolute Gasteiger partial charge is 0.394 e. The maximum atomic E-state index is 11.6. The van der Waals surface area contributed by atoms with Gasteiger partial charge in [-0.05, 0) is 39.3 Å². The first-order chi connectivity index (χ1) is 8.19. The summed E-state index contributed by atoms with van der Waals surface area (Å²) in [5.74, 6) is 0.228. The van der Waals surface area contributed by atoms with Crippen LogP contribution in [-0.2, 0) is 4.79 Å². The number of halogens is 1. The fraction of sp³-hybridized carbons (Fsp3) is 0.545. The van der Waals surface area contributed by atoms with Crippen molar-refractivity contribution in [1.29, 1.82) is 0 Å². The van der Waals surface area contributed by atoms with Gasteiger partial charge in [0.25, 0.3) is 0 Å². The van der Waals surface area contributed by atoms with E-state index in [0.717, 1.165) is 0 Å². The lowest BCUT2D eigenvalue weighted by Crippen LogP contribution is -2.43. The highest BCUT2D eigenvalue weighted by Crippen LogP contribution is 2.20. The van der Waals surface area contributed by atoms with Crippen molar-refractivity contribution in [3.8, 4) is 0 Å². The fourth-order valence-corrected chi connectivity index (χ4v) is 1.52. The predicted octanol–water partition coefficient (Wildman–Crippen LogP) is 1.35. The van der Waals surface area contributed by atoms with Crippen LogP contribution < -0.4 is 16.4 Å². The summed E-state index contributed by atoms with van der Waals surface area (Å²) in [6.45, 7) is 7.53. The lowest BCUT2D eigenvalue weighted by molar-refractivity contribution is -0.120. The second kappa shape index (κ2) is 5.39. The molecular formula is C11H18ClN5O. The molecule has 0 aromatic carbocycles. The molecule has 0 radical (unpaired) electrons. The quantitative estimate of drug-likeness (QED) is 0.722. The van der Waals surface area contributed by atoms with Gasteiger partial charge in [-0.15, -0.1) is 0 Å². The molecule has 7 heteroatoms. The Kier molecular flexibility index (Phi) is 4.34. The second-order valence-electron chi connectivity index (χ2n) is 4.99. The highest BCUT2D eigenvalue weighted by Gasteiger charge is 2.14. The Balaban J connectivity index is 2.67. The Morgan fingerprint density at radius 2 is 2.00 bits per heavy atom. The molecule has 0 saturated carbocycles. The second-order valence-corrected chi connectivity index (χ2v) is 5.33. The third kappa shape index (κ3) is 4.37. The molecule has 1 aromatic heterocycles. The van der Waals surface area contributed by atoms with Gasteiger partial charge < -0.3 is 16.4 Å². The summed E-state index contributed by atoms with van der Waals surface area (Å²) in [6.07, 6.45) is 0. The van der Waals surface area contributed by atoms with E-state index in [2.05, 4.69) is 20.6 Å². The molecule has 0 spiro atoms. The van der Waals surface area contributed by atoms with E-state index in [-0.39, 0.29) is 23.3 Å². The SMILES string of the molecule is Cc1nc(Cl)nc(NCC(=O)NC(C)(C)C)c1N. The van der Waals surface area contributed by atoms with E-state index in [0.29, 0.717) is 17.2 Å². The van der Waals surface area contributed by atoms with Crippen LogP contribution in [0.15, 0.2) is 0 Å². The summed E-state index contributed by atoms with van der Waals surface area (Å²) in [7, 11) is 0. The summed E-state index contributed by atoms with van der Waals surface area (Å²) in [5.41, 5.74) is 6.48. The fourth-order valence-electron chi connectivity index (χ4n) is 1.31. The summed E-state index contributed by atoms with van der Waals surface area (Å²) in [5, 5.41) is 5.76. The van der Waals surface area contributed by atoms with Gasteiger partial charge in [-0.25, -0.2) is 4.98 Å². The Hall–Kier alpha value is -1.56. The van der Waals surface area contributed by atoms with Crippen LogP contribution in [-0.4, -0.2) is 28.0 Å². The summed E-state index contributed by atoms with van der Waals surface area (Å²) < 4.78 is 0. The number of nitrogens with zero attached hydrogens (tertiary/aromatic N) is 2. The van der Waals surface area contributed by atoms with Crippen molar-refractivity contribution in [2.45, 2.75) is 33.2 Å². The number of hydrogen-bond donors (Lipinski definition) is 3. The first-order valence-electron chi connectivity index (χ1n) is 5.53. The standard InChI is InChI=1S/C11H18ClN5O/c1-6-8(13)9(16-10(12)15-6)14-5-7(18)17-11(2,3)4/h5,13H2,1-4H3,(H,17,18)(H,14,15,16). The van der Waals surface area contributed by atoms with Crippen LogP contribution in [0.1, 0.15) is 26.5 Å². The zero-order chi connectivity index (χ0) is 13.9. The molecule has 18 heavy (non-hydrogen) atoms. The van der Waals surface area contributed by atoms with Gasteiger partial charge in [-0.2, -0.15) is 4.98 Å². The van der Waals surface area contributed by atoms with Crippen molar-refractivity contribution in [1.82, 2.24) is 15.3 Å². The zero-order valence-electron chi connectivity index (χ0n) is 11.0. The van der Waals surface area contributed by atoms with Crippen molar-refractivity contribution in [2.75, 3.05) is 17.6 Å². The van der Waals surface area contributed by atoms with Crippen molar-refractivity contribution in [3.05, 3.63) is 11.0 Å². The summed E-state index contributed by atoms with van der Waals surface area (Å²) >= 11 is 5.73. The highest BCUT2D eigenvalue weighted by atomic mass is 35.5. The average Bonchev–Trinajstić information content (AvgIpc) is 2.18. The Labute approximate surface area is 111 Å². The average molecular weight is 272 g/mol. The molecule has 1 aromatic rings. The minimum absolute atomic E-state index is 0.0776. The van der Waals surface area contributed by atoms with E-state index >= 15 is 0 Å². The van der Waals surface area contributed by atoms with Gasteiger partial charge in [0.15, 0.2) is 5.82 Å². The van der Waals surface area contributed by atoms with Crippen molar-refractivity contribution in [3.63, 3.8) is 0 Å². The van der Waals surface area contributed by atoms with Gasteiger partial charge >= 0.3 is 0 Å². The predicted molar refractivity (Wildman–Crippen MR) is 72.6 cm³/mol. The van der Waals surface area contributed by atoms with E-state index in [1.54, 1.807) is 6.92 Å². The molecule has 1 amide bonds. The highest BCUT2D eigenvalue weighted by molar-refractivity contribution is 6.28. The lowest BCUT2D eigenvalue weighted by atomic mass is 10.1. The van der Waals surface area contributed by atoms with Crippen LogP contribution in [0.2, 0.25) is 5.28 Å². The Morgan fingerprint density at radius 1 is 1.39 bits per heavy atom. The first kappa shape index (κ1) is 14.5. The molecule has 0 saturated heterocycles. The maximum Gasteiger partial charge on any atom is 0.239 e. The number of rotatable bonds is 3. The molecule has 0 fully saturated rings. The number of nitrogen functional groups attached to an aromatic ring is 1. The number of aryl methyl sites for hydroxylation is 1. The molecule has 100 valence electrons. The minimum Gasteiger partial charge on any atom is -0.394 e. The summed E-state index contributed by atoms with van der Waals surface area (Å²) in [4.78, 5) is 19.5. The topological polar surface area (TPSA) is 92.9 Å². The number of hydrogen-bond acceptors (Lipinski definition) is 5. The molecule has 0 unspecified atom stereocenters. The number of nitrogens with one attached hydrogen (secondary N) is 2. The van der Waals surface area contributed by atoms with Crippen LogP contribution in [0.3, 0.4) is 0 Å².